The van der Waals surface area contributed by atoms with E-state index in [1.54, 1.807) is 24.9 Å². The summed E-state index contributed by atoms with van der Waals surface area (Å²) in [6, 6.07) is 7.82. The molecule has 2 heterocycles. The molecule has 1 aliphatic carbocycles. The number of carbonyl (C=O) groups is 1. The third-order valence-electron chi connectivity index (χ3n) is 5.09. The molecule has 0 aliphatic heterocycles. The smallest absolute Gasteiger partial charge is 0.259 e. The van der Waals surface area contributed by atoms with Gasteiger partial charge in [0, 0.05) is 23.0 Å². The molecule has 7 nitrogen and oxygen atoms in total. The van der Waals surface area contributed by atoms with Crippen LogP contribution in [-0.2, 0) is 6.54 Å². The number of hydrogen-bond acceptors (Lipinski definition) is 5. The highest BCUT2D eigenvalue weighted by Crippen LogP contribution is 2.33. The molecule has 146 valence electrons. The molecule has 1 aliphatic rings. The van der Waals surface area contributed by atoms with Crippen molar-refractivity contribution in [3.63, 3.8) is 0 Å². The topological polar surface area (TPSA) is 69.0 Å². The Bertz CT molecular complexity index is 1040. The Hall–Kier alpha value is -3.09. The van der Waals surface area contributed by atoms with Crippen LogP contribution < -0.4 is 9.47 Å². The maximum absolute atomic E-state index is 13.4. The van der Waals surface area contributed by atoms with Crippen LogP contribution in [0.5, 0.6) is 11.5 Å². The minimum Gasteiger partial charge on any atom is -0.497 e. The van der Waals surface area contributed by atoms with E-state index in [0.717, 1.165) is 41.3 Å². The second-order valence-electron chi connectivity index (χ2n) is 7.17. The van der Waals surface area contributed by atoms with Crippen LogP contribution in [0.25, 0.3) is 5.65 Å². The number of aromatic nitrogens is 3. The average molecular weight is 380 g/mol. The summed E-state index contributed by atoms with van der Waals surface area (Å²) >= 11 is 0. The molecule has 0 atom stereocenters. The summed E-state index contributed by atoms with van der Waals surface area (Å²) in [5, 5.41) is 4.37. The fourth-order valence-electron chi connectivity index (χ4n) is 3.52. The molecule has 1 fully saturated rings. The number of hydrogen-bond donors (Lipinski definition) is 0. The highest BCUT2D eigenvalue weighted by Gasteiger charge is 2.35. The van der Waals surface area contributed by atoms with Gasteiger partial charge in [0.05, 0.1) is 27.0 Å². The van der Waals surface area contributed by atoms with E-state index in [9.17, 15) is 4.79 Å². The second-order valence-corrected chi connectivity index (χ2v) is 7.17. The van der Waals surface area contributed by atoms with E-state index < -0.39 is 0 Å². The van der Waals surface area contributed by atoms with Crippen LogP contribution in [0.1, 0.15) is 40.2 Å². The van der Waals surface area contributed by atoms with Crippen LogP contribution in [0, 0.1) is 13.8 Å². The van der Waals surface area contributed by atoms with Crippen molar-refractivity contribution < 1.29 is 14.3 Å². The minimum atomic E-state index is -0.0557. The Kier molecular flexibility index (Phi) is 4.66. The van der Waals surface area contributed by atoms with Crippen molar-refractivity contribution in [3.05, 3.63) is 53.0 Å². The van der Waals surface area contributed by atoms with Gasteiger partial charge in [-0.2, -0.15) is 5.10 Å². The van der Waals surface area contributed by atoms with Gasteiger partial charge in [-0.3, -0.25) is 4.79 Å². The number of benzene rings is 1. The summed E-state index contributed by atoms with van der Waals surface area (Å²) in [6.45, 7) is 4.34. The maximum atomic E-state index is 13.4. The molecule has 0 N–H and O–H groups in total. The lowest BCUT2D eigenvalue weighted by Gasteiger charge is -2.23. The molecular weight excluding hydrogens is 356 g/mol. The van der Waals surface area contributed by atoms with E-state index in [1.807, 2.05) is 43.0 Å². The Morgan fingerprint density at radius 3 is 2.68 bits per heavy atom. The summed E-state index contributed by atoms with van der Waals surface area (Å²) in [4.78, 5) is 19.9. The minimum absolute atomic E-state index is 0.0557. The number of fused-ring (bicyclic) bond motifs is 1. The monoisotopic (exact) mass is 380 g/mol. The lowest BCUT2D eigenvalue weighted by atomic mass is 10.1. The number of ether oxygens (including phenoxy) is 2. The first-order chi connectivity index (χ1) is 13.5. The predicted molar refractivity (Wildman–Crippen MR) is 105 cm³/mol. The van der Waals surface area contributed by atoms with Gasteiger partial charge in [0.15, 0.2) is 5.65 Å². The molecule has 28 heavy (non-hydrogen) atoms. The molecule has 0 unspecified atom stereocenters. The van der Waals surface area contributed by atoms with E-state index in [-0.39, 0.29) is 11.9 Å². The van der Waals surface area contributed by atoms with Crippen molar-refractivity contribution in [1.82, 2.24) is 19.5 Å². The lowest BCUT2D eigenvalue weighted by molar-refractivity contribution is 0.0730. The van der Waals surface area contributed by atoms with Gasteiger partial charge in [-0.25, -0.2) is 9.50 Å². The Morgan fingerprint density at radius 2 is 2.00 bits per heavy atom. The van der Waals surface area contributed by atoms with Crippen LogP contribution in [0.2, 0.25) is 0 Å². The molecule has 1 aromatic carbocycles. The molecule has 4 rings (SSSR count). The van der Waals surface area contributed by atoms with Gasteiger partial charge in [-0.05, 0) is 51.0 Å². The van der Waals surface area contributed by atoms with Crippen LogP contribution in [0.15, 0.2) is 30.5 Å². The van der Waals surface area contributed by atoms with Gasteiger partial charge in [-0.1, -0.05) is 0 Å². The maximum Gasteiger partial charge on any atom is 0.259 e. The Labute approximate surface area is 163 Å². The fraction of sp³-hybridized carbons (Fsp3) is 0.381. The number of methoxy groups -OCH3 is 2. The average Bonchev–Trinajstić information content (AvgIpc) is 3.44. The van der Waals surface area contributed by atoms with Gasteiger partial charge in [0.2, 0.25) is 0 Å². The third kappa shape index (κ3) is 3.28. The highest BCUT2D eigenvalue weighted by atomic mass is 16.5. The Balaban J connectivity index is 1.71. The molecule has 0 saturated heterocycles. The van der Waals surface area contributed by atoms with Crippen molar-refractivity contribution in [1.29, 1.82) is 0 Å². The van der Waals surface area contributed by atoms with Gasteiger partial charge in [0.1, 0.15) is 17.1 Å². The quantitative estimate of drug-likeness (QED) is 0.657. The van der Waals surface area contributed by atoms with Crippen molar-refractivity contribution in [3.8, 4) is 11.5 Å². The zero-order chi connectivity index (χ0) is 19.8. The van der Waals surface area contributed by atoms with Gasteiger partial charge in [-0.15, -0.1) is 0 Å². The molecule has 0 radical (unpaired) electrons. The third-order valence-corrected chi connectivity index (χ3v) is 5.09. The highest BCUT2D eigenvalue weighted by molar-refractivity contribution is 6.00. The normalized spacial score (nSPS) is 13.6. The molecule has 2 aromatic heterocycles. The fourth-order valence-corrected chi connectivity index (χ4v) is 3.52. The summed E-state index contributed by atoms with van der Waals surface area (Å²) in [5.41, 5.74) is 3.87. The van der Waals surface area contributed by atoms with Crippen molar-refractivity contribution in [2.45, 2.75) is 39.3 Å². The van der Waals surface area contributed by atoms with Gasteiger partial charge >= 0.3 is 0 Å². The van der Waals surface area contributed by atoms with Crippen molar-refractivity contribution in [2.75, 3.05) is 14.2 Å². The number of aryl methyl sites for hydroxylation is 2. The SMILES string of the molecule is COc1ccc(OC)c(CN(C(=O)c2cnn3c(C)cc(C)nc23)C2CC2)c1. The van der Waals surface area contributed by atoms with E-state index in [0.29, 0.717) is 17.8 Å². The molecule has 7 heteroatoms. The number of amides is 1. The molecule has 0 bridgehead atoms. The largest absolute Gasteiger partial charge is 0.497 e. The van der Waals surface area contributed by atoms with Crippen LogP contribution >= 0.6 is 0 Å². The van der Waals surface area contributed by atoms with Crippen LogP contribution in [-0.4, -0.2) is 45.7 Å². The molecular formula is C21H24N4O3. The molecule has 1 saturated carbocycles. The molecule has 1 amide bonds. The zero-order valence-corrected chi connectivity index (χ0v) is 16.6. The summed E-state index contributed by atoms with van der Waals surface area (Å²) < 4.78 is 12.6. The van der Waals surface area contributed by atoms with Crippen LogP contribution in [0.4, 0.5) is 0 Å². The number of carbonyl (C=O) groups excluding carboxylic acids is 1. The van der Waals surface area contributed by atoms with Crippen molar-refractivity contribution >= 4 is 11.6 Å². The second kappa shape index (κ2) is 7.14. The van der Waals surface area contributed by atoms with E-state index in [1.165, 1.54) is 0 Å². The van der Waals surface area contributed by atoms with E-state index in [4.69, 9.17) is 9.47 Å². The molecule has 3 aromatic rings. The summed E-state index contributed by atoms with van der Waals surface area (Å²) in [7, 11) is 3.26. The Morgan fingerprint density at radius 1 is 1.21 bits per heavy atom. The number of nitrogens with zero attached hydrogens (tertiary/aromatic N) is 4. The van der Waals surface area contributed by atoms with Gasteiger partial charge < -0.3 is 14.4 Å². The number of rotatable bonds is 6. The summed E-state index contributed by atoms with van der Waals surface area (Å²) in [5.74, 6) is 1.42. The first-order valence-electron chi connectivity index (χ1n) is 9.35. The predicted octanol–water partition coefficient (Wildman–Crippen LogP) is 3.17. The van der Waals surface area contributed by atoms with Crippen LogP contribution in [0.3, 0.4) is 0 Å². The zero-order valence-electron chi connectivity index (χ0n) is 16.6. The first-order valence-corrected chi connectivity index (χ1v) is 9.35. The van der Waals surface area contributed by atoms with E-state index >= 15 is 0 Å². The first kappa shape index (κ1) is 18.3. The van der Waals surface area contributed by atoms with Gasteiger partial charge in [0.25, 0.3) is 5.91 Å². The van der Waals surface area contributed by atoms with E-state index in [2.05, 4.69) is 10.1 Å². The molecule has 0 spiro atoms. The summed E-state index contributed by atoms with van der Waals surface area (Å²) in [6.07, 6.45) is 3.63. The standard InChI is InChI=1S/C21H24N4O3/c1-13-9-14(2)25-20(23-13)18(11-22-25)21(26)24(16-5-6-16)12-15-10-17(27-3)7-8-19(15)28-4/h7-11,16H,5-6,12H2,1-4H3. The van der Waals surface area contributed by atoms with Crippen molar-refractivity contribution in [2.24, 2.45) is 0 Å². The lowest BCUT2D eigenvalue weighted by Crippen LogP contribution is -2.32.